The summed E-state index contributed by atoms with van der Waals surface area (Å²) >= 11 is 0. The van der Waals surface area contributed by atoms with E-state index in [0.29, 0.717) is 11.4 Å². The van der Waals surface area contributed by atoms with Gasteiger partial charge in [0.1, 0.15) is 0 Å². The maximum absolute atomic E-state index is 7.30. The number of nitrogens with zero attached hydrogens (tertiary/aromatic N) is 3. The van der Waals surface area contributed by atoms with Gasteiger partial charge in [-0.15, -0.1) is 0 Å². The summed E-state index contributed by atoms with van der Waals surface area (Å²) in [6.07, 6.45) is 0.934. The number of anilines is 3. The zero-order chi connectivity index (χ0) is 20.5. The van der Waals surface area contributed by atoms with Crippen molar-refractivity contribution in [1.82, 2.24) is 0 Å². The minimum atomic E-state index is 0.487. The molecule has 3 heteroatoms. The molecule has 0 spiro atoms. The van der Waals surface area contributed by atoms with Crippen LogP contribution in [0, 0.1) is 13.1 Å². The molecule has 1 aliphatic heterocycles. The number of benzene rings is 4. The van der Waals surface area contributed by atoms with E-state index in [0.717, 1.165) is 23.2 Å². The van der Waals surface area contributed by atoms with Gasteiger partial charge in [-0.1, -0.05) is 66.7 Å². The molecule has 0 saturated carbocycles. The van der Waals surface area contributed by atoms with E-state index in [2.05, 4.69) is 87.4 Å². The number of hydrogen-bond donors (Lipinski definition) is 0. The Morgan fingerprint density at radius 2 is 1.13 bits per heavy atom. The second-order valence-corrected chi connectivity index (χ2v) is 7.28. The lowest BCUT2D eigenvalue weighted by Gasteiger charge is -2.33. The molecule has 0 radical (unpaired) electrons. The van der Waals surface area contributed by atoms with Crippen LogP contribution in [0.4, 0.5) is 28.4 Å². The fourth-order valence-electron chi connectivity index (χ4n) is 4.06. The molecule has 0 fully saturated rings. The monoisotopic (exact) mass is 383 g/mol. The number of hydrogen-bond acceptors (Lipinski definition) is 1. The SMILES string of the molecule is [C-]#[N+]c1cc([N+]#[C-])cc(-c2ccc(N3c4ccccc4Cc4ccccc43)cc2)c1. The Bertz CT molecular complexity index is 1260. The van der Waals surface area contributed by atoms with Gasteiger partial charge in [-0.05, 0) is 46.5 Å². The van der Waals surface area contributed by atoms with Crippen molar-refractivity contribution in [3.63, 3.8) is 0 Å². The van der Waals surface area contributed by atoms with Crippen LogP contribution in [-0.4, -0.2) is 0 Å². The summed E-state index contributed by atoms with van der Waals surface area (Å²) in [5.41, 5.74) is 8.98. The van der Waals surface area contributed by atoms with E-state index in [1.165, 1.54) is 22.5 Å². The summed E-state index contributed by atoms with van der Waals surface area (Å²) in [6, 6.07) is 30.7. The predicted molar refractivity (Wildman–Crippen MR) is 122 cm³/mol. The first-order chi connectivity index (χ1) is 14.8. The van der Waals surface area contributed by atoms with Gasteiger partial charge in [0.25, 0.3) is 0 Å². The van der Waals surface area contributed by atoms with E-state index in [1.54, 1.807) is 6.07 Å². The molecule has 5 rings (SSSR count). The first kappa shape index (κ1) is 17.7. The third-order valence-corrected chi connectivity index (χ3v) is 5.47. The first-order valence-electron chi connectivity index (χ1n) is 9.73. The summed E-state index contributed by atoms with van der Waals surface area (Å²) in [5, 5.41) is 0. The Labute approximate surface area is 176 Å². The minimum Gasteiger partial charge on any atom is -0.310 e. The highest BCUT2D eigenvalue weighted by molar-refractivity contribution is 5.84. The molecule has 4 aromatic rings. The highest BCUT2D eigenvalue weighted by Gasteiger charge is 2.23. The smallest absolute Gasteiger partial charge is 0.177 e. The van der Waals surface area contributed by atoms with Crippen molar-refractivity contribution in [3.8, 4) is 11.1 Å². The van der Waals surface area contributed by atoms with Crippen LogP contribution in [0.15, 0.2) is 91.0 Å². The lowest BCUT2D eigenvalue weighted by atomic mass is 9.94. The molecule has 0 aliphatic carbocycles. The number of para-hydroxylation sites is 2. The van der Waals surface area contributed by atoms with Gasteiger partial charge in [-0.2, -0.15) is 0 Å². The maximum atomic E-state index is 7.30. The molecule has 0 bridgehead atoms. The van der Waals surface area contributed by atoms with Crippen LogP contribution in [0.3, 0.4) is 0 Å². The zero-order valence-corrected chi connectivity index (χ0v) is 16.2. The van der Waals surface area contributed by atoms with E-state index in [9.17, 15) is 0 Å². The molecular formula is C27H17N3. The summed E-state index contributed by atoms with van der Waals surface area (Å²) in [5.74, 6) is 0. The van der Waals surface area contributed by atoms with Crippen molar-refractivity contribution in [3.05, 3.63) is 125 Å². The largest absolute Gasteiger partial charge is 0.310 e. The van der Waals surface area contributed by atoms with Gasteiger partial charge >= 0.3 is 0 Å². The molecule has 1 heterocycles. The summed E-state index contributed by atoms with van der Waals surface area (Å²) in [6.45, 7) is 14.6. The van der Waals surface area contributed by atoms with E-state index >= 15 is 0 Å². The fraction of sp³-hybridized carbons (Fsp3) is 0.0370. The van der Waals surface area contributed by atoms with Gasteiger partial charge in [0, 0.05) is 23.5 Å². The summed E-state index contributed by atoms with van der Waals surface area (Å²) in [4.78, 5) is 9.31. The molecule has 0 N–H and O–H groups in total. The van der Waals surface area contributed by atoms with Crippen LogP contribution in [0.2, 0.25) is 0 Å². The lowest BCUT2D eigenvalue weighted by Crippen LogP contribution is -2.18. The molecule has 1 aliphatic rings. The topological polar surface area (TPSA) is 12.0 Å². The highest BCUT2D eigenvalue weighted by Crippen LogP contribution is 2.44. The zero-order valence-electron chi connectivity index (χ0n) is 16.2. The minimum absolute atomic E-state index is 0.487. The molecule has 3 nitrogen and oxygen atoms in total. The van der Waals surface area contributed by atoms with Gasteiger partial charge in [0.05, 0.1) is 13.1 Å². The standard InChI is InChI=1S/C27H17N3/c1-28-23-16-22(17-24(18-23)29-2)19-11-13-25(14-12-19)30-26-9-5-3-7-20(26)15-21-8-4-6-10-27(21)30/h3-14,16-18H,15H2. The summed E-state index contributed by atoms with van der Waals surface area (Å²) in [7, 11) is 0. The average Bonchev–Trinajstić information content (AvgIpc) is 2.82. The second-order valence-electron chi connectivity index (χ2n) is 7.28. The third-order valence-electron chi connectivity index (χ3n) is 5.47. The average molecular weight is 383 g/mol. The molecule has 4 aromatic carbocycles. The Kier molecular flexibility index (Phi) is 4.28. The van der Waals surface area contributed by atoms with Crippen molar-refractivity contribution in [1.29, 1.82) is 0 Å². The van der Waals surface area contributed by atoms with Crippen LogP contribution in [0.25, 0.3) is 20.8 Å². The van der Waals surface area contributed by atoms with Crippen LogP contribution in [-0.2, 0) is 6.42 Å². The van der Waals surface area contributed by atoms with Gasteiger partial charge in [-0.3, -0.25) is 0 Å². The van der Waals surface area contributed by atoms with E-state index < -0.39 is 0 Å². The van der Waals surface area contributed by atoms with Crippen molar-refractivity contribution >= 4 is 28.4 Å². The van der Waals surface area contributed by atoms with Crippen LogP contribution < -0.4 is 4.90 Å². The second kappa shape index (κ2) is 7.24. The Hall–Kier alpha value is -4.34. The van der Waals surface area contributed by atoms with Gasteiger partial charge in [0.15, 0.2) is 11.4 Å². The van der Waals surface area contributed by atoms with Crippen molar-refractivity contribution in [2.24, 2.45) is 0 Å². The van der Waals surface area contributed by atoms with Crippen LogP contribution in [0.5, 0.6) is 0 Å². The Morgan fingerprint density at radius 1 is 0.600 bits per heavy atom. The molecule has 0 amide bonds. The van der Waals surface area contributed by atoms with Gasteiger partial charge < -0.3 is 4.90 Å². The van der Waals surface area contributed by atoms with E-state index in [4.69, 9.17) is 13.1 Å². The predicted octanol–water partition coefficient (Wildman–Crippen LogP) is 7.83. The Morgan fingerprint density at radius 3 is 1.67 bits per heavy atom. The molecule has 140 valence electrons. The summed E-state index contributed by atoms with van der Waals surface area (Å²) < 4.78 is 0. The molecule has 30 heavy (non-hydrogen) atoms. The van der Waals surface area contributed by atoms with Gasteiger partial charge in [0.2, 0.25) is 0 Å². The molecule has 0 atom stereocenters. The quantitative estimate of drug-likeness (QED) is 0.283. The molecule has 0 unspecified atom stereocenters. The van der Waals surface area contributed by atoms with Crippen LogP contribution >= 0.6 is 0 Å². The Balaban J connectivity index is 1.60. The molecule has 0 aromatic heterocycles. The first-order valence-corrected chi connectivity index (χ1v) is 9.73. The number of fused-ring (bicyclic) bond motifs is 2. The number of rotatable bonds is 2. The van der Waals surface area contributed by atoms with Gasteiger partial charge in [-0.25, -0.2) is 9.69 Å². The van der Waals surface area contributed by atoms with Crippen molar-refractivity contribution in [2.45, 2.75) is 6.42 Å². The van der Waals surface area contributed by atoms with Crippen LogP contribution in [0.1, 0.15) is 11.1 Å². The van der Waals surface area contributed by atoms with E-state index in [1.807, 2.05) is 12.1 Å². The molecular weight excluding hydrogens is 366 g/mol. The fourth-order valence-corrected chi connectivity index (χ4v) is 4.06. The van der Waals surface area contributed by atoms with E-state index in [-0.39, 0.29) is 0 Å². The lowest BCUT2D eigenvalue weighted by molar-refractivity contribution is 1.09. The highest BCUT2D eigenvalue weighted by atomic mass is 15.2. The molecule has 0 saturated heterocycles. The third kappa shape index (κ3) is 3.00. The van der Waals surface area contributed by atoms with Crippen molar-refractivity contribution < 1.29 is 0 Å². The maximum Gasteiger partial charge on any atom is 0.177 e. The van der Waals surface area contributed by atoms with Crippen molar-refractivity contribution in [2.75, 3.05) is 4.90 Å². The normalized spacial score (nSPS) is 11.7.